The van der Waals surface area contributed by atoms with Crippen LogP contribution in [0, 0.1) is 0 Å². The summed E-state index contributed by atoms with van der Waals surface area (Å²) < 4.78 is 53.9. The maximum absolute atomic E-state index is 12.5. The van der Waals surface area contributed by atoms with Crippen molar-refractivity contribution in [3.8, 4) is 11.5 Å². The van der Waals surface area contributed by atoms with Gasteiger partial charge in [-0.2, -0.15) is 13.2 Å². The van der Waals surface area contributed by atoms with E-state index < -0.39 is 19.3 Å². The fourth-order valence-corrected chi connectivity index (χ4v) is 2.89. The number of hydrogen-bond acceptors (Lipinski definition) is 2. The number of rotatable bonds is 7. The SMILES string of the molecule is O=P(O)(O)CCCCc1cccc(Oc2ccc(C(F)(F)F)cc2)c1. The maximum atomic E-state index is 12.5. The van der Waals surface area contributed by atoms with E-state index in [-0.39, 0.29) is 6.16 Å². The van der Waals surface area contributed by atoms with Crippen LogP contribution >= 0.6 is 7.60 Å². The highest BCUT2D eigenvalue weighted by molar-refractivity contribution is 7.51. The fourth-order valence-electron chi connectivity index (χ4n) is 2.26. The minimum atomic E-state index is -4.38. The van der Waals surface area contributed by atoms with Crippen LogP contribution in [0.25, 0.3) is 0 Å². The first-order valence-corrected chi connectivity index (χ1v) is 9.42. The second-order valence-corrected chi connectivity index (χ2v) is 7.39. The highest BCUT2D eigenvalue weighted by atomic mass is 31.2. The lowest BCUT2D eigenvalue weighted by atomic mass is 10.1. The van der Waals surface area contributed by atoms with Crippen molar-refractivity contribution in [3.05, 3.63) is 59.7 Å². The summed E-state index contributed by atoms with van der Waals surface area (Å²) >= 11 is 0. The molecule has 4 nitrogen and oxygen atoms in total. The van der Waals surface area contributed by atoms with Crippen molar-refractivity contribution in [2.45, 2.75) is 25.4 Å². The van der Waals surface area contributed by atoms with Crippen LogP contribution in [-0.2, 0) is 17.2 Å². The first kappa shape index (κ1) is 19.5. The smallest absolute Gasteiger partial charge is 0.416 e. The molecule has 0 spiro atoms. The molecule has 0 radical (unpaired) electrons. The Kier molecular flexibility index (Phi) is 6.27. The van der Waals surface area contributed by atoms with Gasteiger partial charge in [0.2, 0.25) is 0 Å². The average molecular weight is 374 g/mol. The van der Waals surface area contributed by atoms with Crippen molar-refractivity contribution < 1.29 is 32.3 Å². The number of alkyl halides is 3. The molecular weight excluding hydrogens is 356 g/mol. The number of halogens is 3. The normalized spacial score (nSPS) is 12.2. The summed E-state index contributed by atoms with van der Waals surface area (Å²) in [5.74, 6) is 0.791. The number of unbranched alkanes of at least 4 members (excludes halogenated alkanes) is 1. The summed E-state index contributed by atoms with van der Waals surface area (Å²) in [7, 11) is -3.96. The number of aryl methyl sites for hydroxylation is 1. The molecule has 0 saturated carbocycles. The molecule has 0 aromatic heterocycles. The third kappa shape index (κ3) is 6.90. The molecule has 136 valence electrons. The first-order valence-electron chi connectivity index (χ1n) is 7.62. The zero-order valence-electron chi connectivity index (χ0n) is 13.2. The van der Waals surface area contributed by atoms with Gasteiger partial charge in [0.15, 0.2) is 0 Å². The zero-order chi connectivity index (χ0) is 18.5. The van der Waals surface area contributed by atoms with Crippen LogP contribution in [0.1, 0.15) is 24.0 Å². The summed E-state index contributed by atoms with van der Waals surface area (Å²) in [5, 5.41) is 0. The summed E-state index contributed by atoms with van der Waals surface area (Å²) in [5.41, 5.74) is 0.189. The van der Waals surface area contributed by atoms with Crippen LogP contribution < -0.4 is 4.74 Å². The largest absolute Gasteiger partial charge is 0.457 e. The van der Waals surface area contributed by atoms with Crippen LogP contribution in [0.4, 0.5) is 13.2 Å². The Morgan fingerprint density at radius 3 is 2.24 bits per heavy atom. The zero-order valence-corrected chi connectivity index (χ0v) is 14.1. The summed E-state index contributed by atoms with van der Waals surface area (Å²) in [4.78, 5) is 17.6. The highest BCUT2D eigenvalue weighted by Gasteiger charge is 2.30. The van der Waals surface area contributed by atoms with E-state index in [0.717, 1.165) is 17.7 Å². The number of hydrogen-bond donors (Lipinski definition) is 2. The van der Waals surface area contributed by atoms with Crippen LogP contribution in [0.2, 0.25) is 0 Å². The molecule has 0 fully saturated rings. The van der Waals surface area contributed by atoms with E-state index in [1.54, 1.807) is 18.2 Å². The molecule has 0 unspecified atom stereocenters. The molecule has 0 amide bonds. The lowest BCUT2D eigenvalue weighted by molar-refractivity contribution is -0.137. The maximum Gasteiger partial charge on any atom is 0.416 e. The van der Waals surface area contributed by atoms with E-state index in [1.165, 1.54) is 12.1 Å². The van der Waals surface area contributed by atoms with Crippen molar-refractivity contribution in [1.29, 1.82) is 0 Å². The Bertz CT molecular complexity index is 738. The molecule has 2 aromatic rings. The molecule has 0 atom stereocenters. The molecule has 2 N–H and O–H groups in total. The first-order chi connectivity index (χ1) is 11.6. The van der Waals surface area contributed by atoms with E-state index in [1.807, 2.05) is 6.07 Å². The van der Waals surface area contributed by atoms with E-state index in [0.29, 0.717) is 30.8 Å². The molecule has 0 saturated heterocycles. The summed E-state index contributed by atoms with van der Waals surface area (Å²) in [6.07, 6.45) is -2.87. The van der Waals surface area contributed by atoms with E-state index >= 15 is 0 Å². The highest BCUT2D eigenvalue weighted by Crippen LogP contribution is 2.35. The van der Waals surface area contributed by atoms with Gasteiger partial charge in [-0.1, -0.05) is 12.1 Å². The van der Waals surface area contributed by atoms with Gasteiger partial charge < -0.3 is 14.5 Å². The Morgan fingerprint density at radius 1 is 0.960 bits per heavy atom. The lowest BCUT2D eigenvalue weighted by Gasteiger charge is -2.10. The van der Waals surface area contributed by atoms with E-state index in [4.69, 9.17) is 14.5 Å². The second-order valence-electron chi connectivity index (χ2n) is 5.62. The minimum Gasteiger partial charge on any atom is -0.457 e. The fraction of sp³-hybridized carbons (Fsp3) is 0.294. The molecule has 0 aliphatic rings. The van der Waals surface area contributed by atoms with Gasteiger partial charge in [-0.3, -0.25) is 4.57 Å². The van der Waals surface area contributed by atoms with Crippen LogP contribution in [-0.4, -0.2) is 15.9 Å². The van der Waals surface area contributed by atoms with Crippen LogP contribution in [0.15, 0.2) is 48.5 Å². The van der Waals surface area contributed by atoms with Crippen LogP contribution in [0.3, 0.4) is 0 Å². The Morgan fingerprint density at radius 2 is 1.64 bits per heavy atom. The van der Waals surface area contributed by atoms with Crippen molar-refractivity contribution in [2.75, 3.05) is 6.16 Å². The lowest BCUT2D eigenvalue weighted by Crippen LogP contribution is -2.03. The van der Waals surface area contributed by atoms with Crippen LogP contribution in [0.5, 0.6) is 11.5 Å². The van der Waals surface area contributed by atoms with Gasteiger partial charge in [-0.25, -0.2) is 0 Å². The Balaban J connectivity index is 1.93. The van der Waals surface area contributed by atoms with Gasteiger partial charge in [0.1, 0.15) is 11.5 Å². The van der Waals surface area contributed by atoms with Crippen molar-refractivity contribution in [2.24, 2.45) is 0 Å². The van der Waals surface area contributed by atoms with E-state index in [9.17, 15) is 17.7 Å². The van der Waals surface area contributed by atoms with Gasteiger partial charge in [0.05, 0.1) is 5.56 Å². The molecular formula is C17H18F3O4P. The minimum absolute atomic E-state index is 0.144. The van der Waals surface area contributed by atoms with E-state index in [2.05, 4.69) is 0 Å². The predicted octanol–water partition coefficient (Wildman–Crippen LogP) is 5.00. The second kappa shape index (κ2) is 8.04. The molecule has 25 heavy (non-hydrogen) atoms. The van der Waals surface area contributed by atoms with Gasteiger partial charge in [-0.15, -0.1) is 0 Å². The topological polar surface area (TPSA) is 66.8 Å². The molecule has 0 heterocycles. The molecule has 0 aliphatic heterocycles. The monoisotopic (exact) mass is 374 g/mol. The molecule has 2 aromatic carbocycles. The average Bonchev–Trinajstić information content (AvgIpc) is 2.51. The predicted molar refractivity (Wildman–Crippen MR) is 87.8 cm³/mol. The third-order valence-corrected chi connectivity index (χ3v) is 4.38. The number of benzene rings is 2. The molecule has 0 bridgehead atoms. The Labute approximate surface area is 143 Å². The van der Waals surface area contributed by atoms with Gasteiger partial charge in [0.25, 0.3) is 0 Å². The Hall–Kier alpha value is -1.82. The van der Waals surface area contributed by atoms with Crippen molar-refractivity contribution in [1.82, 2.24) is 0 Å². The quantitative estimate of drug-likeness (QED) is 0.529. The van der Waals surface area contributed by atoms with Gasteiger partial charge in [-0.05, 0) is 61.2 Å². The van der Waals surface area contributed by atoms with Gasteiger partial charge in [0, 0.05) is 6.16 Å². The summed E-state index contributed by atoms with van der Waals surface area (Å²) in [6, 6.07) is 11.5. The van der Waals surface area contributed by atoms with Crippen molar-refractivity contribution in [3.63, 3.8) is 0 Å². The number of ether oxygens (including phenoxy) is 1. The van der Waals surface area contributed by atoms with Gasteiger partial charge >= 0.3 is 13.8 Å². The van der Waals surface area contributed by atoms with Crippen molar-refractivity contribution >= 4 is 7.60 Å². The third-order valence-electron chi connectivity index (χ3n) is 3.48. The molecule has 0 aliphatic carbocycles. The molecule has 8 heteroatoms. The molecule has 2 rings (SSSR count). The standard InChI is InChI=1S/C17H18F3O4P/c18-17(19,20)14-7-9-15(10-8-14)24-16-6-3-5-13(12-16)4-1-2-11-25(21,22)23/h3,5-10,12H,1-2,4,11H2,(H2,21,22,23). The summed E-state index contributed by atoms with van der Waals surface area (Å²) in [6.45, 7) is 0.